The van der Waals surface area contributed by atoms with Crippen LogP contribution in [0.25, 0.3) is 11.0 Å². The molecule has 1 saturated heterocycles. The molecule has 3 heterocycles. The molecule has 1 atom stereocenters. The van der Waals surface area contributed by atoms with Crippen LogP contribution < -0.4 is 10.2 Å². The normalized spacial score (nSPS) is 17.1. The van der Waals surface area contributed by atoms with Gasteiger partial charge in [-0.05, 0) is 43.0 Å². The molecule has 1 unspecified atom stereocenters. The van der Waals surface area contributed by atoms with Crippen molar-refractivity contribution in [3.05, 3.63) is 46.8 Å². The smallest absolute Gasteiger partial charge is 0.152 e. The Morgan fingerprint density at radius 1 is 1.29 bits per heavy atom. The third kappa shape index (κ3) is 4.23. The Kier molecular flexibility index (Phi) is 5.69. The van der Waals surface area contributed by atoms with E-state index in [1.807, 2.05) is 12.3 Å². The van der Waals surface area contributed by atoms with Gasteiger partial charge in [0.25, 0.3) is 0 Å². The number of anilines is 2. The van der Waals surface area contributed by atoms with Crippen molar-refractivity contribution in [1.82, 2.24) is 15.0 Å². The molecule has 0 aliphatic carbocycles. The fourth-order valence-electron chi connectivity index (χ4n) is 3.76. The minimum absolute atomic E-state index is 0.164. The summed E-state index contributed by atoms with van der Waals surface area (Å²) in [4.78, 5) is 26.6. The van der Waals surface area contributed by atoms with Crippen molar-refractivity contribution in [3.63, 3.8) is 0 Å². The highest BCUT2D eigenvalue weighted by molar-refractivity contribution is 6.35. The second kappa shape index (κ2) is 8.37. The van der Waals surface area contributed by atoms with Gasteiger partial charge in [-0.2, -0.15) is 0 Å². The maximum absolute atomic E-state index is 12.5. The average Bonchev–Trinajstić information content (AvgIpc) is 3.18. The number of ketones is 1. The first kappa shape index (κ1) is 19.0. The topological polar surface area (TPSA) is 73.9 Å². The van der Waals surface area contributed by atoms with E-state index in [-0.39, 0.29) is 12.3 Å². The molecule has 0 amide bonds. The molecule has 0 bridgehead atoms. The molecule has 1 aromatic carbocycles. The maximum Gasteiger partial charge on any atom is 0.152 e. The third-order valence-corrected chi connectivity index (χ3v) is 5.64. The van der Waals surface area contributed by atoms with Crippen LogP contribution in [0.5, 0.6) is 0 Å². The van der Waals surface area contributed by atoms with E-state index in [2.05, 4.69) is 25.2 Å². The number of rotatable bonds is 6. The van der Waals surface area contributed by atoms with Gasteiger partial charge in [-0.25, -0.2) is 9.97 Å². The lowest BCUT2D eigenvalue weighted by Crippen LogP contribution is -2.37. The lowest BCUT2D eigenvalue weighted by atomic mass is 9.92. The second-order valence-electron chi connectivity index (χ2n) is 7.11. The predicted molar refractivity (Wildman–Crippen MR) is 113 cm³/mol. The van der Waals surface area contributed by atoms with Gasteiger partial charge in [0.15, 0.2) is 5.78 Å². The van der Waals surface area contributed by atoms with Gasteiger partial charge in [-0.3, -0.25) is 4.79 Å². The number of aromatic nitrogens is 3. The zero-order valence-corrected chi connectivity index (χ0v) is 16.8. The zero-order valence-electron chi connectivity index (χ0n) is 15.3. The quantitative estimate of drug-likeness (QED) is 0.614. The number of benzene rings is 1. The van der Waals surface area contributed by atoms with E-state index in [1.165, 1.54) is 0 Å². The van der Waals surface area contributed by atoms with E-state index < -0.39 is 0 Å². The number of H-pyrrole nitrogens is 1. The Morgan fingerprint density at radius 3 is 3.07 bits per heavy atom. The number of nitrogens with one attached hydrogen (secondary N) is 2. The van der Waals surface area contributed by atoms with Gasteiger partial charge in [0.2, 0.25) is 0 Å². The van der Waals surface area contributed by atoms with Gasteiger partial charge in [0.05, 0.1) is 22.6 Å². The number of aromatic amines is 1. The summed E-state index contributed by atoms with van der Waals surface area (Å²) in [5.41, 5.74) is 1.52. The summed E-state index contributed by atoms with van der Waals surface area (Å²) in [6.07, 6.45) is 6.08. The first-order chi connectivity index (χ1) is 13.6. The fraction of sp³-hybridized carbons (Fsp3) is 0.350. The SMILES string of the molecule is O=C(CNc1cc(Cl)ccc1Cl)CC1CCCN(c2ncnc3[nH]ccc23)C1. The van der Waals surface area contributed by atoms with Gasteiger partial charge in [0, 0.05) is 30.7 Å². The Balaban J connectivity index is 1.36. The van der Waals surface area contributed by atoms with Crippen molar-refractivity contribution >= 4 is 51.5 Å². The first-order valence-corrected chi connectivity index (χ1v) is 10.1. The molecule has 2 aromatic heterocycles. The molecule has 8 heteroatoms. The van der Waals surface area contributed by atoms with Crippen LogP contribution in [0, 0.1) is 5.92 Å². The number of Topliss-reactive ketones (excluding diaryl/α,β-unsaturated/α-hetero) is 1. The van der Waals surface area contributed by atoms with Crippen LogP contribution in [-0.4, -0.2) is 40.4 Å². The van der Waals surface area contributed by atoms with Crippen LogP contribution in [-0.2, 0) is 4.79 Å². The predicted octanol–water partition coefficient (Wildman–Crippen LogP) is 4.55. The number of nitrogens with zero attached hydrogens (tertiary/aromatic N) is 3. The monoisotopic (exact) mass is 417 g/mol. The number of hydrogen-bond donors (Lipinski definition) is 2. The highest BCUT2D eigenvalue weighted by Crippen LogP contribution is 2.29. The van der Waals surface area contributed by atoms with E-state index >= 15 is 0 Å². The van der Waals surface area contributed by atoms with E-state index in [9.17, 15) is 4.79 Å². The van der Waals surface area contributed by atoms with Crippen molar-refractivity contribution in [2.75, 3.05) is 29.9 Å². The molecular formula is C20H21Cl2N5O. The van der Waals surface area contributed by atoms with Crippen molar-refractivity contribution in [2.45, 2.75) is 19.3 Å². The minimum atomic E-state index is 0.164. The van der Waals surface area contributed by atoms with E-state index in [1.54, 1.807) is 24.5 Å². The fourth-order valence-corrected chi connectivity index (χ4v) is 4.11. The summed E-state index contributed by atoms with van der Waals surface area (Å²) in [5, 5.41) is 5.26. The van der Waals surface area contributed by atoms with Gasteiger partial charge in [0.1, 0.15) is 17.8 Å². The number of piperidine rings is 1. The zero-order chi connectivity index (χ0) is 19.5. The molecule has 6 nitrogen and oxygen atoms in total. The molecule has 1 fully saturated rings. The Labute approximate surface area is 173 Å². The number of hydrogen-bond acceptors (Lipinski definition) is 5. The summed E-state index contributed by atoms with van der Waals surface area (Å²) >= 11 is 12.1. The average molecular weight is 418 g/mol. The maximum atomic E-state index is 12.5. The Morgan fingerprint density at radius 2 is 2.18 bits per heavy atom. The summed E-state index contributed by atoms with van der Waals surface area (Å²) in [7, 11) is 0. The minimum Gasteiger partial charge on any atom is -0.377 e. The molecule has 3 aromatic rings. The van der Waals surface area contributed by atoms with Crippen molar-refractivity contribution in [2.24, 2.45) is 5.92 Å². The summed E-state index contributed by atoms with van der Waals surface area (Å²) in [5.74, 6) is 1.41. The highest BCUT2D eigenvalue weighted by atomic mass is 35.5. The standard InChI is InChI=1S/C20H21Cl2N5O/c21-14-3-4-17(22)18(9-14)24-10-15(28)8-13-2-1-7-27(11-13)20-16-5-6-23-19(16)25-12-26-20/h3-6,9,12-13,24H,1-2,7-8,10-11H2,(H,23,25,26). The number of halogens is 2. The van der Waals surface area contributed by atoms with Crippen LogP contribution in [0.3, 0.4) is 0 Å². The van der Waals surface area contributed by atoms with E-state index in [0.29, 0.717) is 28.1 Å². The van der Waals surface area contributed by atoms with E-state index in [0.717, 1.165) is 42.8 Å². The van der Waals surface area contributed by atoms with Crippen LogP contribution >= 0.6 is 23.2 Å². The molecule has 0 spiro atoms. The highest BCUT2D eigenvalue weighted by Gasteiger charge is 2.24. The summed E-state index contributed by atoms with van der Waals surface area (Å²) in [6.45, 7) is 2.01. The van der Waals surface area contributed by atoms with Crippen molar-refractivity contribution in [3.8, 4) is 0 Å². The van der Waals surface area contributed by atoms with Crippen LogP contribution in [0.2, 0.25) is 10.0 Å². The Hall–Kier alpha value is -2.31. The van der Waals surface area contributed by atoms with Gasteiger partial charge in [-0.1, -0.05) is 23.2 Å². The molecule has 1 aliphatic heterocycles. The summed E-state index contributed by atoms with van der Waals surface area (Å²) in [6, 6.07) is 7.18. The van der Waals surface area contributed by atoms with Gasteiger partial charge >= 0.3 is 0 Å². The van der Waals surface area contributed by atoms with Gasteiger partial charge in [-0.15, -0.1) is 0 Å². The van der Waals surface area contributed by atoms with Crippen LogP contribution in [0.15, 0.2) is 36.8 Å². The van der Waals surface area contributed by atoms with Crippen LogP contribution in [0.4, 0.5) is 11.5 Å². The largest absolute Gasteiger partial charge is 0.377 e. The van der Waals surface area contributed by atoms with Crippen molar-refractivity contribution in [1.29, 1.82) is 0 Å². The Bertz CT molecular complexity index is 990. The van der Waals surface area contributed by atoms with Crippen molar-refractivity contribution < 1.29 is 4.79 Å². The molecule has 146 valence electrons. The lowest BCUT2D eigenvalue weighted by Gasteiger charge is -2.33. The first-order valence-electron chi connectivity index (χ1n) is 9.34. The molecule has 4 rings (SSSR count). The number of carbonyl (C=O) groups excluding carboxylic acids is 1. The number of carbonyl (C=O) groups is 1. The molecule has 1 aliphatic rings. The van der Waals surface area contributed by atoms with Gasteiger partial charge < -0.3 is 15.2 Å². The number of fused-ring (bicyclic) bond motifs is 1. The molecule has 0 saturated carbocycles. The molecule has 0 radical (unpaired) electrons. The molecular weight excluding hydrogens is 397 g/mol. The summed E-state index contributed by atoms with van der Waals surface area (Å²) < 4.78 is 0. The van der Waals surface area contributed by atoms with E-state index in [4.69, 9.17) is 23.2 Å². The second-order valence-corrected chi connectivity index (χ2v) is 7.96. The molecule has 2 N–H and O–H groups in total. The lowest BCUT2D eigenvalue weighted by molar-refractivity contribution is -0.118. The third-order valence-electron chi connectivity index (χ3n) is 5.07. The van der Waals surface area contributed by atoms with Crippen LogP contribution in [0.1, 0.15) is 19.3 Å². The molecule has 28 heavy (non-hydrogen) atoms.